The molecule has 2 nitrogen and oxygen atoms in total. The van der Waals surface area contributed by atoms with E-state index in [2.05, 4.69) is 29.6 Å². The van der Waals surface area contributed by atoms with E-state index in [0.717, 1.165) is 22.3 Å². The van der Waals surface area contributed by atoms with Gasteiger partial charge in [-0.15, -0.1) is 12.4 Å². The Morgan fingerprint density at radius 2 is 1.54 bits per heavy atom. The maximum Gasteiger partial charge on any atom is 0.191 e. The third kappa shape index (κ3) is 4.08. The molecule has 1 fully saturated rings. The van der Waals surface area contributed by atoms with E-state index in [1.165, 1.54) is 32.1 Å². The fourth-order valence-electron chi connectivity index (χ4n) is 3.97. The molecule has 0 heterocycles. The Morgan fingerprint density at radius 3 is 2.27 bits per heavy atom. The first-order valence-corrected chi connectivity index (χ1v) is 8.99. The Morgan fingerprint density at radius 1 is 0.885 bits per heavy atom. The van der Waals surface area contributed by atoms with Gasteiger partial charge in [-0.2, -0.15) is 0 Å². The number of carbonyl (C=O) groups excluding carboxylic acids is 1. The number of Topliss-reactive ketones (excluding diaryl/α,β-unsaturated/α-hetero) is 1. The Labute approximate surface area is 163 Å². The molecule has 0 saturated heterocycles. The van der Waals surface area contributed by atoms with Crippen LogP contribution in [0.1, 0.15) is 67.1 Å². The van der Waals surface area contributed by atoms with E-state index in [1.54, 1.807) is 0 Å². The van der Waals surface area contributed by atoms with Gasteiger partial charge in [-0.25, -0.2) is 0 Å². The van der Waals surface area contributed by atoms with E-state index < -0.39 is 0 Å². The normalized spacial score (nSPS) is 21.0. The molecule has 2 aromatic rings. The molecular formula is C23H28ClNO. The zero-order valence-corrected chi connectivity index (χ0v) is 15.1. The van der Waals surface area contributed by atoms with Crippen molar-refractivity contribution in [3.05, 3.63) is 76.9 Å². The van der Waals surface area contributed by atoms with E-state index in [1.807, 2.05) is 36.4 Å². The van der Waals surface area contributed by atoms with Crippen LogP contribution >= 0.6 is 12.4 Å². The van der Waals surface area contributed by atoms with Gasteiger partial charge in [-0.3, -0.25) is 4.79 Å². The highest BCUT2D eigenvalue weighted by molar-refractivity contribution is 6.16. The number of ketones is 1. The molecule has 0 aromatic heterocycles. The van der Waals surface area contributed by atoms with Crippen LogP contribution in [0.4, 0.5) is 0 Å². The predicted octanol–water partition coefficient (Wildman–Crippen LogP) is 5.99. The number of carbonyl (C=O) groups is 1. The van der Waals surface area contributed by atoms with E-state index in [4.69, 9.17) is 0 Å². The number of hydrogen-bond donors (Lipinski definition) is 1. The van der Waals surface area contributed by atoms with Crippen LogP contribution in [0.15, 0.2) is 60.2 Å². The molecule has 3 heteroatoms. The second kappa shape index (κ2) is 9.16. The van der Waals surface area contributed by atoms with Gasteiger partial charge >= 0.3 is 0 Å². The van der Waals surface area contributed by atoms with Crippen molar-refractivity contribution in [1.82, 2.24) is 5.32 Å². The third-order valence-corrected chi connectivity index (χ3v) is 5.22. The highest BCUT2D eigenvalue weighted by Crippen LogP contribution is 2.38. The Hall–Kier alpha value is -1.90. The summed E-state index contributed by atoms with van der Waals surface area (Å²) in [5.74, 6) is 0.169. The van der Waals surface area contributed by atoms with Crippen molar-refractivity contribution >= 4 is 24.3 Å². The van der Waals surface area contributed by atoms with Crippen molar-refractivity contribution in [2.24, 2.45) is 0 Å². The van der Waals surface area contributed by atoms with Gasteiger partial charge in [0.2, 0.25) is 0 Å². The molecule has 0 bridgehead atoms. The first-order chi connectivity index (χ1) is 11.8. The minimum atomic E-state index is 0. The van der Waals surface area contributed by atoms with Crippen molar-refractivity contribution < 1.29 is 4.79 Å². The third-order valence-electron chi connectivity index (χ3n) is 5.22. The maximum absolute atomic E-state index is 12.9. The van der Waals surface area contributed by atoms with E-state index in [-0.39, 0.29) is 31.7 Å². The second-order valence-electron chi connectivity index (χ2n) is 6.86. The summed E-state index contributed by atoms with van der Waals surface area (Å²) in [6.07, 6.45) is 8.40. The standard InChI is InChI=1S/C22H23NO.CH4.ClH/c24-22-19-14-8-7-13-18(19)21(23-17-11-5-2-6-12-17)20(22)15-16-9-3-1-4-10-16;;/h1,3-4,7-10,13-15,17,21,23H,2,5-6,11-12H2;1H4;1H/b20-15+;;. The molecule has 1 saturated carbocycles. The first kappa shape index (κ1) is 20.4. The van der Waals surface area contributed by atoms with Crippen molar-refractivity contribution in [2.75, 3.05) is 0 Å². The number of hydrogen-bond acceptors (Lipinski definition) is 2. The van der Waals surface area contributed by atoms with Gasteiger partial charge in [0.15, 0.2) is 5.78 Å². The molecule has 2 aliphatic rings. The zero-order chi connectivity index (χ0) is 16.4. The lowest BCUT2D eigenvalue weighted by Gasteiger charge is -2.27. The molecule has 1 unspecified atom stereocenters. The molecule has 1 atom stereocenters. The van der Waals surface area contributed by atoms with Crippen LogP contribution in [0, 0.1) is 0 Å². The summed E-state index contributed by atoms with van der Waals surface area (Å²) < 4.78 is 0. The van der Waals surface area contributed by atoms with Crippen molar-refractivity contribution in [3.63, 3.8) is 0 Å². The second-order valence-corrected chi connectivity index (χ2v) is 6.86. The minimum Gasteiger partial charge on any atom is -0.303 e. The summed E-state index contributed by atoms with van der Waals surface area (Å²) in [7, 11) is 0. The maximum atomic E-state index is 12.9. The topological polar surface area (TPSA) is 29.1 Å². The average Bonchev–Trinajstić information content (AvgIpc) is 2.90. The molecule has 138 valence electrons. The van der Waals surface area contributed by atoms with Crippen LogP contribution in [0.3, 0.4) is 0 Å². The number of nitrogens with one attached hydrogen (secondary N) is 1. The summed E-state index contributed by atoms with van der Waals surface area (Å²) in [6, 6.07) is 18.7. The number of rotatable bonds is 3. The van der Waals surface area contributed by atoms with Crippen LogP contribution < -0.4 is 5.32 Å². The van der Waals surface area contributed by atoms with Gasteiger partial charge in [0, 0.05) is 17.2 Å². The Balaban J connectivity index is 0.00000121. The number of fused-ring (bicyclic) bond motifs is 1. The van der Waals surface area contributed by atoms with Crippen LogP contribution in [-0.2, 0) is 0 Å². The first-order valence-electron chi connectivity index (χ1n) is 8.99. The average molecular weight is 370 g/mol. The van der Waals surface area contributed by atoms with Crippen LogP contribution in [0.25, 0.3) is 6.08 Å². The molecule has 1 N–H and O–H groups in total. The monoisotopic (exact) mass is 369 g/mol. The molecule has 2 aromatic carbocycles. The van der Waals surface area contributed by atoms with Gasteiger partial charge in [-0.1, -0.05) is 81.3 Å². The summed E-state index contributed by atoms with van der Waals surface area (Å²) in [5.41, 5.74) is 3.96. The highest BCUT2D eigenvalue weighted by Gasteiger charge is 2.35. The number of benzene rings is 2. The lowest BCUT2D eigenvalue weighted by atomic mass is 9.93. The van der Waals surface area contributed by atoms with E-state index in [9.17, 15) is 4.79 Å². The van der Waals surface area contributed by atoms with Crippen LogP contribution in [-0.4, -0.2) is 11.8 Å². The van der Waals surface area contributed by atoms with Gasteiger partial charge in [-0.05, 0) is 30.0 Å². The van der Waals surface area contributed by atoms with Crippen molar-refractivity contribution in [2.45, 2.75) is 51.6 Å². The van der Waals surface area contributed by atoms with Gasteiger partial charge < -0.3 is 5.32 Å². The SMILES string of the molecule is C.Cl.O=C1/C(=C/c2ccccc2)C(NC2CCCCC2)c2ccccc21. The van der Waals surface area contributed by atoms with Crippen molar-refractivity contribution in [3.8, 4) is 0 Å². The fourth-order valence-corrected chi connectivity index (χ4v) is 3.97. The summed E-state index contributed by atoms with van der Waals surface area (Å²) in [5, 5.41) is 3.79. The molecule has 2 aliphatic carbocycles. The predicted molar refractivity (Wildman–Crippen MR) is 112 cm³/mol. The van der Waals surface area contributed by atoms with E-state index in [0.29, 0.717) is 6.04 Å². The van der Waals surface area contributed by atoms with Crippen molar-refractivity contribution in [1.29, 1.82) is 0 Å². The van der Waals surface area contributed by atoms with Crippen LogP contribution in [0.2, 0.25) is 0 Å². The Kier molecular flexibility index (Phi) is 7.19. The minimum absolute atomic E-state index is 0. The molecule has 0 radical (unpaired) electrons. The lowest BCUT2D eigenvalue weighted by molar-refractivity contribution is 0.103. The number of halogens is 1. The summed E-state index contributed by atoms with van der Waals surface area (Å²) in [6.45, 7) is 0. The largest absolute Gasteiger partial charge is 0.303 e. The molecule has 0 aliphatic heterocycles. The fraction of sp³-hybridized carbons (Fsp3) is 0.348. The van der Waals surface area contributed by atoms with Gasteiger partial charge in [0.1, 0.15) is 0 Å². The Bertz CT molecular complexity index is 763. The lowest BCUT2D eigenvalue weighted by Crippen LogP contribution is -2.34. The van der Waals surface area contributed by atoms with Crippen LogP contribution in [0.5, 0.6) is 0 Å². The van der Waals surface area contributed by atoms with Gasteiger partial charge in [0.05, 0.1) is 6.04 Å². The smallest absolute Gasteiger partial charge is 0.191 e. The molecule has 4 rings (SSSR count). The molecule has 0 spiro atoms. The van der Waals surface area contributed by atoms with E-state index >= 15 is 0 Å². The zero-order valence-electron chi connectivity index (χ0n) is 14.3. The molecular weight excluding hydrogens is 342 g/mol. The molecule has 26 heavy (non-hydrogen) atoms. The van der Waals surface area contributed by atoms with Gasteiger partial charge in [0.25, 0.3) is 0 Å². The molecule has 0 amide bonds. The quantitative estimate of drug-likeness (QED) is 0.673. The summed E-state index contributed by atoms with van der Waals surface area (Å²) in [4.78, 5) is 12.9. The highest BCUT2D eigenvalue weighted by atomic mass is 35.5. The summed E-state index contributed by atoms with van der Waals surface area (Å²) >= 11 is 0.